The number of hydrogen-bond acceptors (Lipinski definition) is 4. The Kier molecular flexibility index (Phi) is 5.44. The number of fused-ring (bicyclic) bond motifs is 3. The van der Waals surface area contributed by atoms with Gasteiger partial charge in [-0.3, -0.25) is 4.79 Å². The molecule has 0 bridgehead atoms. The van der Waals surface area contributed by atoms with E-state index in [1.54, 1.807) is 12.1 Å². The molecule has 1 saturated heterocycles. The van der Waals surface area contributed by atoms with Gasteiger partial charge in [-0.15, -0.1) is 0 Å². The van der Waals surface area contributed by atoms with Crippen molar-refractivity contribution in [1.82, 2.24) is 14.6 Å². The third kappa shape index (κ3) is 3.81. The Hall–Kier alpha value is -1.90. The molecule has 28 heavy (non-hydrogen) atoms. The molecule has 2 aliphatic rings. The maximum absolute atomic E-state index is 13.0. The molecule has 0 saturated carbocycles. The van der Waals surface area contributed by atoms with E-state index in [1.807, 2.05) is 6.07 Å². The summed E-state index contributed by atoms with van der Waals surface area (Å²) in [5.41, 5.74) is 3.43. The predicted octanol–water partition coefficient (Wildman–Crippen LogP) is 1.96. The van der Waals surface area contributed by atoms with E-state index < -0.39 is 10.0 Å². The summed E-state index contributed by atoms with van der Waals surface area (Å²) >= 11 is 0. The molecule has 1 aromatic heterocycles. The van der Waals surface area contributed by atoms with Gasteiger partial charge in [-0.05, 0) is 62.3 Å². The summed E-state index contributed by atoms with van der Waals surface area (Å²) < 4.78 is 32.5. The number of nitrogens with one attached hydrogen (secondary N) is 2. The zero-order chi connectivity index (χ0) is 19.7. The molecule has 4 rings (SSSR count). The van der Waals surface area contributed by atoms with Crippen molar-refractivity contribution in [1.29, 1.82) is 0 Å². The van der Waals surface area contributed by atoms with Crippen LogP contribution in [0.4, 0.5) is 0 Å². The quantitative estimate of drug-likeness (QED) is 0.769. The summed E-state index contributed by atoms with van der Waals surface area (Å²) in [6, 6.07) is 5.18. The molecule has 2 N–H and O–H groups in total. The zero-order valence-electron chi connectivity index (χ0n) is 16.2. The fourth-order valence-corrected chi connectivity index (χ4v) is 5.26. The van der Waals surface area contributed by atoms with E-state index in [1.165, 1.54) is 18.3 Å². The summed E-state index contributed by atoms with van der Waals surface area (Å²) in [6.07, 6.45) is 6.23. The summed E-state index contributed by atoms with van der Waals surface area (Å²) in [6.45, 7) is 0.937. The van der Waals surface area contributed by atoms with E-state index in [0.29, 0.717) is 6.54 Å². The van der Waals surface area contributed by atoms with Crippen LogP contribution in [0.1, 0.15) is 36.9 Å². The summed E-state index contributed by atoms with van der Waals surface area (Å²) in [4.78, 5) is 15.8. The molecular weight excluding hydrogens is 378 g/mol. The minimum absolute atomic E-state index is 0.0352. The van der Waals surface area contributed by atoms with Gasteiger partial charge in [0.25, 0.3) is 0 Å². The van der Waals surface area contributed by atoms with Gasteiger partial charge in [0.15, 0.2) is 0 Å². The Morgan fingerprint density at radius 1 is 1.29 bits per heavy atom. The number of H-pyrrole nitrogens is 1. The van der Waals surface area contributed by atoms with Crippen molar-refractivity contribution in [3.05, 3.63) is 29.5 Å². The first kappa shape index (κ1) is 19.4. The number of aromatic amines is 1. The van der Waals surface area contributed by atoms with E-state index in [9.17, 15) is 13.2 Å². The second-order valence-electron chi connectivity index (χ2n) is 7.70. The van der Waals surface area contributed by atoms with Crippen molar-refractivity contribution in [2.24, 2.45) is 0 Å². The van der Waals surface area contributed by atoms with Gasteiger partial charge in [0.2, 0.25) is 15.9 Å². The average molecular weight is 406 g/mol. The molecule has 8 heteroatoms. The number of carbonyl (C=O) groups excluding carboxylic acids is 1. The lowest BCUT2D eigenvalue weighted by Gasteiger charge is -2.18. The number of ether oxygens (including phenoxy) is 1. The van der Waals surface area contributed by atoms with Crippen LogP contribution in [-0.4, -0.2) is 56.5 Å². The summed E-state index contributed by atoms with van der Waals surface area (Å²) in [7, 11) is -2.30. The predicted molar refractivity (Wildman–Crippen MR) is 107 cm³/mol. The molecule has 0 unspecified atom stereocenters. The highest BCUT2D eigenvalue weighted by Crippen LogP contribution is 2.31. The molecule has 1 fully saturated rings. The minimum Gasteiger partial charge on any atom is -0.376 e. The molecule has 1 atom stereocenters. The number of benzene rings is 1. The lowest BCUT2D eigenvalue weighted by Crippen LogP contribution is -2.40. The van der Waals surface area contributed by atoms with Crippen molar-refractivity contribution in [2.45, 2.75) is 49.5 Å². The first-order chi connectivity index (χ1) is 13.4. The fourth-order valence-electron chi connectivity index (χ4n) is 4.10. The number of nitrogens with zero attached hydrogens (tertiary/aromatic N) is 1. The number of aryl methyl sites for hydroxylation is 2. The maximum Gasteiger partial charge on any atom is 0.243 e. The average Bonchev–Trinajstić information content (AvgIpc) is 3.33. The molecule has 0 spiro atoms. The molecular formula is C20H27N3O4S. The second-order valence-corrected chi connectivity index (χ2v) is 9.74. The second kappa shape index (κ2) is 7.85. The molecule has 2 heterocycles. The van der Waals surface area contributed by atoms with Crippen LogP contribution in [0, 0.1) is 0 Å². The van der Waals surface area contributed by atoms with Crippen molar-refractivity contribution in [2.75, 3.05) is 26.7 Å². The number of likely N-dealkylation sites (N-methyl/N-ethyl adjacent to an activating group) is 1. The minimum atomic E-state index is -3.74. The number of hydrogen-bond donors (Lipinski definition) is 2. The van der Waals surface area contributed by atoms with Gasteiger partial charge in [-0.2, -0.15) is 4.31 Å². The monoisotopic (exact) mass is 405 g/mol. The van der Waals surface area contributed by atoms with Crippen LogP contribution in [0.25, 0.3) is 10.9 Å². The molecule has 1 aliphatic heterocycles. The van der Waals surface area contributed by atoms with Crippen LogP contribution < -0.4 is 5.32 Å². The number of rotatable bonds is 6. The van der Waals surface area contributed by atoms with Crippen LogP contribution in [-0.2, 0) is 32.4 Å². The smallest absolute Gasteiger partial charge is 0.243 e. The Morgan fingerprint density at radius 2 is 2.11 bits per heavy atom. The van der Waals surface area contributed by atoms with Crippen LogP contribution >= 0.6 is 0 Å². The first-order valence-electron chi connectivity index (χ1n) is 9.93. The maximum atomic E-state index is 13.0. The van der Waals surface area contributed by atoms with Crippen molar-refractivity contribution >= 4 is 26.8 Å². The number of amides is 1. The Bertz CT molecular complexity index is 977. The molecule has 1 aliphatic carbocycles. The highest BCUT2D eigenvalue weighted by atomic mass is 32.2. The van der Waals surface area contributed by atoms with Crippen LogP contribution in [0.3, 0.4) is 0 Å². The third-order valence-electron chi connectivity index (χ3n) is 5.69. The largest absolute Gasteiger partial charge is 0.376 e. The van der Waals surface area contributed by atoms with Gasteiger partial charge in [-0.25, -0.2) is 8.42 Å². The van der Waals surface area contributed by atoms with Gasteiger partial charge >= 0.3 is 0 Å². The SMILES string of the molecule is CN(CC(=O)NC[C@H]1CCCO1)S(=O)(=O)c1ccc2[nH]c3c(c2c1)CCCC3. The number of carbonyl (C=O) groups is 1. The van der Waals surface area contributed by atoms with Crippen LogP contribution in [0.2, 0.25) is 0 Å². The standard InChI is InChI=1S/C20H27N3O4S/c1-23(13-20(24)21-12-14-5-4-10-27-14)28(25,26)15-8-9-19-17(11-15)16-6-2-3-7-18(16)22-19/h8-9,11,14,22H,2-7,10,12-13H2,1H3,(H,21,24)/t14-/m1/s1. The number of aromatic nitrogens is 1. The Morgan fingerprint density at radius 3 is 2.89 bits per heavy atom. The van der Waals surface area contributed by atoms with Gasteiger partial charge in [-0.1, -0.05) is 0 Å². The van der Waals surface area contributed by atoms with Crippen LogP contribution in [0.15, 0.2) is 23.1 Å². The Labute approximate surface area is 165 Å². The highest BCUT2D eigenvalue weighted by Gasteiger charge is 2.25. The lowest BCUT2D eigenvalue weighted by molar-refractivity contribution is -0.121. The third-order valence-corrected chi connectivity index (χ3v) is 7.49. The van der Waals surface area contributed by atoms with E-state index >= 15 is 0 Å². The van der Waals surface area contributed by atoms with Crippen molar-refractivity contribution < 1.29 is 17.9 Å². The molecule has 1 aromatic carbocycles. The van der Waals surface area contributed by atoms with E-state index in [0.717, 1.165) is 60.3 Å². The fraction of sp³-hybridized carbons (Fsp3) is 0.550. The topological polar surface area (TPSA) is 91.5 Å². The lowest BCUT2D eigenvalue weighted by atomic mass is 9.96. The molecule has 152 valence electrons. The molecule has 1 amide bonds. The van der Waals surface area contributed by atoms with E-state index in [-0.39, 0.29) is 23.5 Å². The molecule has 2 aromatic rings. The van der Waals surface area contributed by atoms with Gasteiger partial charge in [0.05, 0.1) is 17.5 Å². The van der Waals surface area contributed by atoms with Crippen molar-refractivity contribution in [3.8, 4) is 0 Å². The van der Waals surface area contributed by atoms with Gasteiger partial charge < -0.3 is 15.0 Å². The molecule has 0 radical (unpaired) electrons. The summed E-state index contributed by atoms with van der Waals surface area (Å²) in [5.74, 6) is -0.318. The first-order valence-corrected chi connectivity index (χ1v) is 11.4. The van der Waals surface area contributed by atoms with Crippen molar-refractivity contribution in [3.63, 3.8) is 0 Å². The zero-order valence-corrected chi connectivity index (χ0v) is 17.0. The molecule has 7 nitrogen and oxygen atoms in total. The van der Waals surface area contributed by atoms with Gasteiger partial charge in [0, 0.05) is 36.8 Å². The van der Waals surface area contributed by atoms with E-state index in [2.05, 4.69) is 10.3 Å². The number of sulfonamides is 1. The highest BCUT2D eigenvalue weighted by molar-refractivity contribution is 7.89. The normalized spacial score (nSPS) is 19.9. The van der Waals surface area contributed by atoms with Gasteiger partial charge in [0.1, 0.15) is 0 Å². The van der Waals surface area contributed by atoms with Crippen LogP contribution in [0.5, 0.6) is 0 Å². The summed E-state index contributed by atoms with van der Waals surface area (Å²) in [5, 5.41) is 3.75. The van der Waals surface area contributed by atoms with E-state index in [4.69, 9.17) is 4.74 Å². The Balaban J connectivity index is 1.48.